The third-order valence-corrected chi connectivity index (χ3v) is 5.35. The second-order valence-corrected chi connectivity index (χ2v) is 7.72. The maximum absolute atomic E-state index is 12.3. The summed E-state index contributed by atoms with van der Waals surface area (Å²) in [6.45, 7) is 4.94. The highest BCUT2D eigenvalue weighted by molar-refractivity contribution is 5.93. The average molecular weight is 429 g/mol. The SMILES string of the molecule is Cc1cnc(CC(=O)Nc2ccc(-c3cc4c(N5CCOCC5)ncnc4[nH]3)cc2)nc1. The van der Waals surface area contributed by atoms with Gasteiger partial charge in [0.05, 0.1) is 25.0 Å². The number of nitrogens with one attached hydrogen (secondary N) is 2. The van der Waals surface area contributed by atoms with Gasteiger partial charge in [-0.05, 0) is 36.2 Å². The minimum Gasteiger partial charge on any atom is -0.378 e. The number of benzene rings is 1. The van der Waals surface area contributed by atoms with Gasteiger partial charge in [-0.15, -0.1) is 0 Å². The molecule has 9 heteroatoms. The van der Waals surface area contributed by atoms with Crippen molar-refractivity contribution in [2.24, 2.45) is 0 Å². The number of fused-ring (bicyclic) bond motifs is 1. The molecule has 1 aliphatic heterocycles. The lowest BCUT2D eigenvalue weighted by Crippen LogP contribution is -2.36. The van der Waals surface area contributed by atoms with E-state index in [2.05, 4.69) is 41.2 Å². The number of aromatic amines is 1. The number of hydrogen-bond donors (Lipinski definition) is 2. The van der Waals surface area contributed by atoms with E-state index in [1.54, 1.807) is 18.7 Å². The summed E-state index contributed by atoms with van der Waals surface area (Å²) in [5.41, 5.74) is 4.42. The Morgan fingerprint density at radius 2 is 1.84 bits per heavy atom. The number of aromatic nitrogens is 5. The van der Waals surface area contributed by atoms with E-state index in [4.69, 9.17) is 4.74 Å². The molecule has 4 aromatic rings. The first-order valence-corrected chi connectivity index (χ1v) is 10.5. The van der Waals surface area contributed by atoms with Crippen LogP contribution in [-0.2, 0) is 16.0 Å². The number of amides is 1. The highest BCUT2D eigenvalue weighted by Gasteiger charge is 2.17. The van der Waals surface area contributed by atoms with Crippen LogP contribution >= 0.6 is 0 Å². The maximum atomic E-state index is 12.3. The second kappa shape index (κ2) is 8.72. The van der Waals surface area contributed by atoms with Crippen LogP contribution in [0.25, 0.3) is 22.3 Å². The predicted octanol–water partition coefficient (Wildman–Crippen LogP) is 2.74. The molecule has 1 amide bonds. The summed E-state index contributed by atoms with van der Waals surface area (Å²) in [5, 5.41) is 3.88. The van der Waals surface area contributed by atoms with E-state index < -0.39 is 0 Å². The smallest absolute Gasteiger partial charge is 0.232 e. The molecule has 32 heavy (non-hydrogen) atoms. The molecule has 0 atom stereocenters. The van der Waals surface area contributed by atoms with Gasteiger partial charge in [0, 0.05) is 36.9 Å². The van der Waals surface area contributed by atoms with Crippen molar-refractivity contribution < 1.29 is 9.53 Å². The first kappa shape index (κ1) is 20.1. The van der Waals surface area contributed by atoms with Gasteiger partial charge in [0.15, 0.2) is 0 Å². The molecule has 1 aromatic carbocycles. The molecule has 1 saturated heterocycles. The molecule has 5 rings (SSSR count). The van der Waals surface area contributed by atoms with Crippen molar-refractivity contribution in [1.29, 1.82) is 0 Å². The molecular formula is C23H23N7O2. The van der Waals surface area contributed by atoms with E-state index in [0.717, 1.165) is 52.4 Å². The zero-order valence-corrected chi connectivity index (χ0v) is 17.7. The monoisotopic (exact) mass is 429 g/mol. The minimum absolute atomic E-state index is 0.132. The summed E-state index contributed by atoms with van der Waals surface area (Å²) in [5.74, 6) is 1.26. The summed E-state index contributed by atoms with van der Waals surface area (Å²) >= 11 is 0. The standard InChI is InChI=1S/C23H23N7O2/c1-15-12-24-20(25-13-15)11-21(31)28-17-4-2-16(3-5-17)19-10-18-22(29-19)26-14-27-23(18)30-6-8-32-9-7-30/h2-5,10,12-14H,6-9,11H2,1H3,(H,28,31)(H,26,27,29). The van der Waals surface area contributed by atoms with Crippen LogP contribution in [-0.4, -0.2) is 57.1 Å². The van der Waals surface area contributed by atoms with Gasteiger partial charge >= 0.3 is 0 Å². The number of carbonyl (C=O) groups is 1. The zero-order valence-electron chi connectivity index (χ0n) is 17.7. The average Bonchev–Trinajstić information content (AvgIpc) is 3.26. The summed E-state index contributed by atoms with van der Waals surface area (Å²) in [4.78, 5) is 35.2. The van der Waals surface area contributed by atoms with E-state index in [9.17, 15) is 4.79 Å². The van der Waals surface area contributed by atoms with Crippen molar-refractivity contribution in [1.82, 2.24) is 24.9 Å². The Morgan fingerprint density at radius 3 is 2.59 bits per heavy atom. The van der Waals surface area contributed by atoms with Crippen LogP contribution in [0.1, 0.15) is 11.4 Å². The van der Waals surface area contributed by atoms with Crippen LogP contribution in [0.15, 0.2) is 49.1 Å². The minimum atomic E-state index is -0.155. The number of carbonyl (C=O) groups excluding carboxylic acids is 1. The van der Waals surface area contributed by atoms with Gasteiger partial charge < -0.3 is 19.9 Å². The molecule has 1 fully saturated rings. The molecule has 1 aliphatic rings. The highest BCUT2D eigenvalue weighted by atomic mass is 16.5. The van der Waals surface area contributed by atoms with Crippen molar-refractivity contribution in [2.75, 3.05) is 36.5 Å². The zero-order chi connectivity index (χ0) is 21.9. The van der Waals surface area contributed by atoms with Crippen LogP contribution < -0.4 is 10.2 Å². The van der Waals surface area contributed by atoms with Crippen LogP contribution in [0.3, 0.4) is 0 Å². The number of rotatable bonds is 5. The van der Waals surface area contributed by atoms with Crippen molar-refractivity contribution in [2.45, 2.75) is 13.3 Å². The lowest BCUT2D eigenvalue weighted by molar-refractivity contribution is -0.115. The molecule has 0 bridgehead atoms. The molecule has 3 aromatic heterocycles. The Balaban J connectivity index is 1.31. The third kappa shape index (κ3) is 4.28. The predicted molar refractivity (Wildman–Crippen MR) is 121 cm³/mol. The molecule has 0 saturated carbocycles. The fourth-order valence-corrected chi connectivity index (χ4v) is 3.70. The summed E-state index contributed by atoms with van der Waals surface area (Å²) < 4.78 is 5.45. The largest absolute Gasteiger partial charge is 0.378 e. The van der Waals surface area contributed by atoms with Gasteiger partial charge in [0.2, 0.25) is 5.91 Å². The number of H-pyrrole nitrogens is 1. The first-order chi connectivity index (χ1) is 15.7. The Labute approximate surface area is 184 Å². The normalized spacial score (nSPS) is 14.0. The van der Waals surface area contributed by atoms with Crippen LogP contribution in [0.2, 0.25) is 0 Å². The Kier molecular flexibility index (Phi) is 5.47. The molecule has 0 spiro atoms. The molecule has 162 valence electrons. The van der Waals surface area contributed by atoms with Crippen molar-refractivity contribution in [3.05, 3.63) is 60.4 Å². The van der Waals surface area contributed by atoms with E-state index >= 15 is 0 Å². The van der Waals surface area contributed by atoms with E-state index in [1.165, 1.54) is 0 Å². The third-order valence-electron chi connectivity index (χ3n) is 5.35. The number of morpholine rings is 1. The molecular weight excluding hydrogens is 406 g/mol. The molecule has 4 heterocycles. The van der Waals surface area contributed by atoms with E-state index in [-0.39, 0.29) is 12.3 Å². The van der Waals surface area contributed by atoms with Crippen LogP contribution in [0, 0.1) is 6.92 Å². The Morgan fingerprint density at radius 1 is 1.09 bits per heavy atom. The molecule has 9 nitrogen and oxygen atoms in total. The fourth-order valence-electron chi connectivity index (χ4n) is 3.70. The van der Waals surface area contributed by atoms with Gasteiger partial charge in [-0.3, -0.25) is 4.79 Å². The molecule has 2 N–H and O–H groups in total. The number of nitrogens with zero attached hydrogens (tertiary/aromatic N) is 5. The van der Waals surface area contributed by atoms with Gasteiger partial charge in [0.1, 0.15) is 23.6 Å². The summed E-state index contributed by atoms with van der Waals surface area (Å²) in [7, 11) is 0. The molecule has 0 unspecified atom stereocenters. The fraction of sp³-hybridized carbons (Fsp3) is 0.261. The van der Waals surface area contributed by atoms with Gasteiger partial charge in [-0.25, -0.2) is 19.9 Å². The van der Waals surface area contributed by atoms with E-state index in [1.807, 2.05) is 31.2 Å². The van der Waals surface area contributed by atoms with Crippen molar-refractivity contribution in [3.63, 3.8) is 0 Å². The lowest BCUT2D eigenvalue weighted by atomic mass is 10.1. The van der Waals surface area contributed by atoms with Crippen molar-refractivity contribution in [3.8, 4) is 11.3 Å². The molecule has 0 aliphatic carbocycles. The van der Waals surface area contributed by atoms with Gasteiger partial charge in [-0.2, -0.15) is 0 Å². The highest BCUT2D eigenvalue weighted by Crippen LogP contribution is 2.29. The number of aryl methyl sites for hydroxylation is 1. The number of ether oxygens (including phenoxy) is 1. The topological polar surface area (TPSA) is 109 Å². The number of hydrogen-bond acceptors (Lipinski definition) is 7. The lowest BCUT2D eigenvalue weighted by Gasteiger charge is -2.27. The summed E-state index contributed by atoms with van der Waals surface area (Å²) in [6, 6.07) is 9.75. The Hall–Kier alpha value is -3.85. The van der Waals surface area contributed by atoms with Gasteiger partial charge in [0.25, 0.3) is 0 Å². The van der Waals surface area contributed by atoms with Crippen LogP contribution in [0.4, 0.5) is 11.5 Å². The van der Waals surface area contributed by atoms with E-state index in [0.29, 0.717) is 19.0 Å². The second-order valence-electron chi connectivity index (χ2n) is 7.72. The molecule has 0 radical (unpaired) electrons. The Bertz CT molecular complexity index is 1230. The number of anilines is 2. The quantitative estimate of drug-likeness (QED) is 0.502. The summed E-state index contributed by atoms with van der Waals surface area (Å²) in [6.07, 6.45) is 5.13. The van der Waals surface area contributed by atoms with Crippen LogP contribution in [0.5, 0.6) is 0 Å². The van der Waals surface area contributed by atoms with Gasteiger partial charge in [-0.1, -0.05) is 12.1 Å². The maximum Gasteiger partial charge on any atom is 0.232 e. The van der Waals surface area contributed by atoms with Crippen molar-refractivity contribution >= 4 is 28.4 Å². The first-order valence-electron chi connectivity index (χ1n) is 10.5.